The fourth-order valence-electron chi connectivity index (χ4n) is 0.786. The van der Waals surface area contributed by atoms with Crippen LogP contribution in [0.2, 0.25) is 0 Å². The predicted octanol–water partition coefficient (Wildman–Crippen LogP) is 0.651. The summed E-state index contributed by atoms with van der Waals surface area (Å²) in [5.74, 6) is 0. The molecule has 0 rings (SSSR count). The molecule has 1 atom stereocenters. The molecule has 0 radical (unpaired) electrons. The number of ether oxygens (including phenoxy) is 3. The molecule has 0 aliphatic carbocycles. The molecule has 0 aliphatic heterocycles. The lowest BCUT2D eigenvalue weighted by molar-refractivity contribution is 0.0146. The van der Waals surface area contributed by atoms with Gasteiger partial charge in [-0.05, 0) is 12.5 Å². The number of hydrogen-bond donors (Lipinski definition) is 1. The first kappa shape index (κ1) is 14.2. The van der Waals surface area contributed by atoms with Crippen LogP contribution in [0.5, 0.6) is 0 Å². The van der Waals surface area contributed by atoms with Crippen LogP contribution in [0.3, 0.4) is 0 Å². The van der Waals surface area contributed by atoms with Gasteiger partial charge < -0.3 is 19.9 Å². The first-order chi connectivity index (χ1) is 7.31. The second-order valence-corrected chi connectivity index (χ2v) is 2.66. The zero-order valence-electron chi connectivity index (χ0n) is 8.96. The van der Waals surface area contributed by atoms with Crippen molar-refractivity contribution in [2.45, 2.75) is 13.1 Å². The maximum Gasteiger partial charge on any atom is 0.107 e. The number of nitrogens with zero attached hydrogens (tertiary/aromatic N) is 3. The Balaban J connectivity index is 3.07. The summed E-state index contributed by atoms with van der Waals surface area (Å²) in [6, 6.07) is 0. The highest BCUT2D eigenvalue weighted by Crippen LogP contribution is 1.85. The van der Waals surface area contributed by atoms with Crippen molar-refractivity contribution in [1.29, 1.82) is 0 Å². The van der Waals surface area contributed by atoms with Crippen LogP contribution in [0.25, 0.3) is 10.4 Å². The second-order valence-electron chi connectivity index (χ2n) is 2.66. The maximum absolute atomic E-state index is 8.04. The quantitative estimate of drug-likeness (QED) is 0.251. The minimum absolute atomic E-state index is 0.207. The Kier molecular flexibility index (Phi) is 10.6. The molecule has 0 saturated carbocycles. The Labute approximate surface area is 89.1 Å². The number of azide groups is 1. The van der Waals surface area contributed by atoms with Crippen molar-refractivity contribution < 1.29 is 14.2 Å². The van der Waals surface area contributed by atoms with E-state index in [1.54, 1.807) is 0 Å². The van der Waals surface area contributed by atoms with Crippen molar-refractivity contribution in [2.75, 3.05) is 39.6 Å². The lowest BCUT2D eigenvalue weighted by Gasteiger charge is -2.07. The minimum atomic E-state index is -0.626. The summed E-state index contributed by atoms with van der Waals surface area (Å²) in [5.41, 5.74) is 13.4. The van der Waals surface area contributed by atoms with E-state index in [0.29, 0.717) is 33.0 Å². The molecule has 0 fully saturated rings. The van der Waals surface area contributed by atoms with Crippen LogP contribution >= 0.6 is 0 Å². The van der Waals surface area contributed by atoms with E-state index in [1.165, 1.54) is 0 Å². The molecule has 0 spiro atoms. The van der Waals surface area contributed by atoms with E-state index in [9.17, 15) is 0 Å². The molecule has 0 bridgehead atoms. The largest absolute Gasteiger partial charge is 0.379 e. The highest BCUT2D eigenvalue weighted by Gasteiger charge is 1.97. The Morgan fingerprint density at radius 2 is 1.80 bits per heavy atom. The van der Waals surface area contributed by atoms with Gasteiger partial charge in [-0.25, -0.2) is 0 Å². The fraction of sp³-hybridized carbons (Fsp3) is 1.00. The Morgan fingerprint density at radius 3 is 2.40 bits per heavy atom. The zero-order valence-corrected chi connectivity index (χ0v) is 8.96. The molecule has 0 saturated heterocycles. The van der Waals surface area contributed by atoms with Gasteiger partial charge in [-0.1, -0.05) is 5.11 Å². The maximum atomic E-state index is 8.04. The monoisotopic (exact) mass is 218 g/mol. The summed E-state index contributed by atoms with van der Waals surface area (Å²) >= 11 is 0. The third kappa shape index (κ3) is 11.1. The third-order valence-corrected chi connectivity index (χ3v) is 1.44. The molecular formula is C8H18N4O3. The first-order valence-corrected chi connectivity index (χ1v) is 4.84. The molecule has 15 heavy (non-hydrogen) atoms. The van der Waals surface area contributed by atoms with Gasteiger partial charge >= 0.3 is 0 Å². The number of rotatable bonds is 10. The van der Waals surface area contributed by atoms with Gasteiger partial charge in [0.05, 0.1) is 33.0 Å². The molecule has 2 N–H and O–H groups in total. The lowest BCUT2D eigenvalue weighted by Crippen LogP contribution is -2.24. The summed E-state index contributed by atoms with van der Waals surface area (Å²) in [6.45, 7) is 4.89. The van der Waals surface area contributed by atoms with Crippen LogP contribution in [0.4, 0.5) is 0 Å². The van der Waals surface area contributed by atoms with Crippen LogP contribution in [0, 0.1) is 0 Å². The predicted molar refractivity (Wildman–Crippen MR) is 55.3 cm³/mol. The number of nitrogens with two attached hydrogens (primary N) is 1. The molecule has 0 aliphatic rings. The SMILES string of the molecule is CCOCCOCCOCC(N)N=[N+]=[N-]. The van der Waals surface area contributed by atoms with Crippen LogP contribution < -0.4 is 5.73 Å². The molecule has 0 aromatic carbocycles. The summed E-state index contributed by atoms with van der Waals surface area (Å²) in [4.78, 5) is 2.56. The number of hydrogen-bond acceptors (Lipinski definition) is 5. The average Bonchev–Trinajstić information content (AvgIpc) is 2.22. The van der Waals surface area contributed by atoms with Crippen molar-refractivity contribution >= 4 is 0 Å². The van der Waals surface area contributed by atoms with Crippen LogP contribution in [0.1, 0.15) is 6.92 Å². The minimum Gasteiger partial charge on any atom is -0.379 e. The van der Waals surface area contributed by atoms with E-state index in [0.717, 1.165) is 0 Å². The summed E-state index contributed by atoms with van der Waals surface area (Å²) in [7, 11) is 0. The van der Waals surface area contributed by atoms with E-state index in [-0.39, 0.29) is 6.61 Å². The van der Waals surface area contributed by atoms with E-state index >= 15 is 0 Å². The fourth-order valence-corrected chi connectivity index (χ4v) is 0.786. The van der Waals surface area contributed by atoms with Gasteiger partial charge in [0, 0.05) is 11.5 Å². The van der Waals surface area contributed by atoms with Crippen molar-refractivity contribution in [1.82, 2.24) is 0 Å². The molecule has 7 nitrogen and oxygen atoms in total. The lowest BCUT2D eigenvalue weighted by atomic mass is 10.6. The topological polar surface area (TPSA) is 102 Å². The normalized spacial score (nSPS) is 12.1. The average molecular weight is 218 g/mol. The van der Waals surface area contributed by atoms with Crippen molar-refractivity contribution in [3.8, 4) is 0 Å². The van der Waals surface area contributed by atoms with Crippen LogP contribution in [-0.2, 0) is 14.2 Å². The zero-order chi connectivity index (χ0) is 11.4. The standard InChI is InChI=1S/C8H18N4O3/c1-2-13-3-4-14-5-6-15-7-8(9)11-12-10/h8H,2-7,9H2,1H3. The Hall–Kier alpha value is -0.850. The van der Waals surface area contributed by atoms with Gasteiger partial charge in [-0.2, -0.15) is 0 Å². The highest BCUT2D eigenvalue weighted by atomic mass is 16.5. The summed E-state index contributed by atoms with van der Waals surface area (Å²) in [6.07, 6.45) is -0.626. The molecule has 0 amide bonds. The molecule has 0 aromatic rings. The van der Waals surface area contributed by atoms with E-state index < -0.39 is 6.17 Å². The van der Waals surface area contributed by atoms with Crippen molar-refractivity contribution in [3.63, 3.8) is 0 Å². The Morgan fingerprint density at radius 1 is 1.20 bits per heavy atom. The van der Waals surface area contributed by atoms with Crippen molar-refractivity contribution in [3.05, 3.63) is 10.4 Å². The summed E-state index contributed by atoms with van der Waals surface area (Å²) in [5, 5.41) is 3.26. The molecule has 0 aromatic heterocycles. The summed E-state index contributed by atoms with van der Waals surface area (Å²) < 4.78 is 15.4. The molecule has 88 valence electrons. The smallest absolute Gasteiger partial charge is 0.107 e. The van der Waals surface area contributed by atoms with Gasteiger partial charge in [-0.15, -0.1) is 0 Å². The van der Waals surface area contributed by atoms with Gasteiger partial charge in [0.25, 0.3) is 0 Å². The molecule has 1 unspecified atom stereocenters. The molecular weight excluding hydrogens is 200 g/mol. The van der Waals surface area contributed by atoms with Crippen molar-refractivity contribution in [2.24, 2.45) is 10.8 Å². The second kappa shape index (κ2) is 11.2. The van der Waals surface area contributed by atoms with E-state index in [1.807, 2.05) is 6.92 Å². The van der Waals surface area contributed by atoms with E-state index in [2.05, 4.69) is 10.0 Å². The van der Waals surface area contributed by atoms with Gasteiger partial charge in [0.15, 0.2) is 0 Å². The third-order valence-electron chi connectivity index (χ3n) is 1.44. The Bertz CT molecular complexity index is 185. The van der Waals surface area contributed by atoms with E-state index in [4.69, 9.17) is 25.5 Å². The van der Waals surface area contributed by atoms with Crippen LogP contribution in [-0.4, -0.2) is 45.8 Å². The first-order valence-electron chi connectivity index (χ1n) is 4.84. The van der Waals surface area contributed by atoms with Crippen LogP contribution in [0.15, 0.2) is 5.11 Å². The molecule has 0 heterocycles. The highest BCUT2D eigenvalue weighted by molar-refractivity contribution is 4.56. The van der Waals surface area contributed by atoms with Gasteiger partial charge in [0.2, 0.25) is 0 Å². The van der Waals surface area contributed by atoms with Gasteiger partial charge in [0.1, 0.15) is 6.17 Å². The van der Waals surface area contributed by atoms with Gasteiger partial charge in [-0.3, -0.25) is 0 Å². The molecule has 7 heteroatoms.